The van der Waals surface area contributed by atoms with Gasteiger partial charge in [0.15, 0.2) is 0 Å². The Kier molecular flexibility index (Phi) is 3.82. The van der Waals surface area contributed by atoms with Crippen LogP contribution in [-0.2, 0) is 0 Å². The number of nitrogens with zero attached hydrogens (tertiary/aromatic N) is 1. The van der Waals surface area contributed by atoms with Gasteiger partial charge < -0.3 is 10.2 Å². The quantitative estimate of drug-likeness (QED) is 0.919. The van der Waals surface area contributed by atoms with Gasteiger partial charge in [0.05, 0.1) is 4.47 Å². The molecule has 0 radical (unpaired) electrons. The van der Waals surface area contributed by atoms with Crippen LogP contribution in [0, 0.1) is 11.7 Å². The molecular weight excluding hydrogens is 271 g/mol. The fourth-order valence-electron chi connectivity index (χ4n) is 2.20. The molecule has 1 fully saturated rings. The van der Waals surface area contributed by atoms with E-state index in [-0.39, 0.29) is 5.82 Å². The van der Waals surface area contributed by atoms with E-state index in [9.17, 15) is 4.39 Å². The summed E-state index contributed by atoms with van der Waals surface area (Å²) in [6, 6.07) is 5.23. The highest BCUT2D eigenvalue weighted by Gasteiger charge is 2.22. The molecule has 1 heterocycles. The van der Waals surface area contributed by atoms with Crippen LogP contribution in [0.4, 0.5) is 10.1 Å². The summed E-state index contributed by atoms with van der Waals surface area (Å²) >= 11 is 3.22. The van der Waals surface area contributed by atoms with Crippen molar-refractivity contribution in [1.29, 1.82) is 0 Å². The Balaban J connectivity index is 2.05. The van der Waals surface area contributed by atoms with E-state index in [0.29, 0.717) is 10.4 Å². The second kappa shape index (κ2) is 5.15. The molecule has 1 N–H and O–H groups in total. The molecule has 2 rings (SSSR count). The first-order chi connectivity index (χ1) is 7.70. The summed E-state index contributed by atoms with van der Waals surface area (Å²) in [5.41, 5.74) is 1.10. The number of halogens is 2. The van der Waals surface area contributed by atoms with Gasteiger partial charge in [-0.2, -0.15) is 0 Å². The standard InChI is InChI=1S/C12H16BrFN2/c1-15-7-9-4-5-16(8-9)10-2-3-12(14)11(13)6-10/h2-3,6,9,15H,4-5,7-8H2,1H3. The van der Waals surface area contributed by atoms with Gasteiger partial charge >= 0.3 is 0 Å². The molecule has 1 atom stereocenters. The molecular formula is C12H16BrFN2. The Morgan fingerprint density at radius 3 is 3.06 bits per heavy atom. The first kappa shape index (κ1) is 11.9. The number of hydrogen-bond donors (Lipinski definition) is 1. The zero-order valence-electron chi connectivity index (χ0n) is 9.34. The molecule has 1 aromatic rings. The Morgan fingerprint density at radius 1 is 1.56 bits per heavy atom. The molecule has 0 spiro atoms. The fourth-order valence-corrected chi connectivity index (χ4v) is 2.57. The van der Waals surface area contributed by atoms with Gasteiger partial charge in [0, 0.05) is 18.8 Å². The molecule has 0 amide bonds. The van der Waals surface area contributed by atoms with Crippen molar-refractivity contribution < 1.29 is 4.39 Å². The molecule has 88 valence electrons. The highest BCUT2D eigenvalue weighted by Crippen LogP contribution is 2.27. The van der Waals surface area contributed by atoms with E-state index in [2.05, 4.69) is 26.1 Å². The Hall–Kier alpha value is -0.610. The smallest absolute Gasteiger partial charge is 0.137 e. The van der Waals surface area contributed by atoms with Gasteiger partial charge in [-0.3, -0.25) is 0 Å². The predicted molar refractivity (Wildman–Crippen MR) is 68.3 cm³/mol. The summed E-state index contributed by atoms with van der Waals surface area (Å²) in [7, 11) is 1.98. The van der Waals surface area contributed by atoms with Crippen molar-refractivity contribution in [1.82, 2.24) is 5.32 Å². The largest absolute Gasteiger partial charge is 0.371 e. The summed E-state index contributed by atoms with van der Waals surface area (Å²) in [6.45, 7) is 3.17. The second-order valence-corrected chi connectivity index (χ2v) is 5.11. The summed E-state index contributed by atoms with van der Waals surface area (Å²) in [5, 5.41) is 3.21. The third-order valence-electron chi connectivity index (χ3n) is 3.05. The number of hydrogen-bond acceptors (Lipinski definition) is 2. The Labute approximate surface area is 104 Å². The number of rotatable bonds is 3. The topological polar surface area (TPSA) is 15.3 Å². The van der Waals surface area contributed by atoms with Crippen molar-refractivity contribution in [2.45, 2.75) is 6.42 Å². The third kappa shape index (κ3) is 2.55. The van der Waals surface area contributed by atoms with Crippen LogP contribution in [0.15, 0.2) is 22.7 Å². The van der Waals surface area contributed by atoms with Crippen molar-refractivity contribution in [3.63, 3.8) is 0 Å². The van der Waals surface area contributed by atoms with E-state index in [1.54, 1.807) is 0 Å². The van der Waals surface area contributed by atoms with Crippen LogP contribution in [0.2, 0.25) is 0 Å². The van der Waals surface area contributed by atoms with E-state index in [1.807, 2.05) is 19.2 Å². The normalized spacial score (nSPS) is 20.4. The fraction of sp³-hybridized carbons (Fsp3) is 0.500. The summed E-state index contributed by atoms with van der Waals surface area (Å²) < 4.78 is 13.7. The van der Waals surface area contributed by atoms with Crippen LogP contribution in [0.1, 0.15) is 6.42 Å². The molecule has 0 aromatic heterocycles. The maximum absolute atomic E-state index is 13.1. The van der Waals surface area contributed by atoms with Gasteiger partial charge in [-0.15, -0.1) is 0 Å². The van der Waals surface area contributed by atoms with Gasteiger partial charge in [-0.25, -0.2) is 4.39 Å². The van der Waals surface area contributed by atoms with Gasteiger partial charge in [0.25, 0.3) is 0 Å². The molecule has 1 aliphatic heterocycles. The minimum absolute atomic E-state index is 0.199. The second-order valence-electron chi connectivity index (χ2n) is 4.26. The minimum Gasteiger partial charge on any atom is -0.371 e. The SMILES string of the molecule is CNCC1CCN(c2ccc(F)c(Br)c2)C1. The molecule has 4 heteroatoms. The number of nitrogens with one attached hydrogen (secondary N) is 1. The van der Waals surface area contributed by atoms with E-state index < -0.39 is 0 Å². The summed E-state index contributed by atoms with van der Waals surface area (Å²) in [5.74, 6) is 0.503. The zero-order valence-corrected chi connectivity index (χ0v) is 10.9. The number of anilines is 1. The maximum Gasteiger partial charge on any atom is 0.137 e. The molecule has 0 saturated carbocycles. The lowest BCUT2D eigenvalue weighted by Crippen LogP contribution is -2.24. The van der Waals surface area contributed by atoms with Crippen molar-refractivity contribution in [2.75, 3.05) is 31.6 Å². The van der Waals surface area contributed by atoms with E-state index in [4.69, 9.17) is 0 Å². The summed E-state index contributed by atoms with van der Waals surface area (Å²) in [4.78, 5) is 2.31. The van der Waals surface area contributed by atoms with Crippen LogP contribution in [0.3, 0.4) is 0 Å². The lowest BCUT2D eigenvalue weighted by molar-refractivity contribution is 0.549. The molecule has 0 aliphatic carbocycles. The monoisotopic (exact) mass is 286 g/mol. The van der Waals surface area contributed by atoms with Crippen molar-refractivity contribution >= 4 is 21.6 Å². The van der Waals surface area contributed by atoms with Crippen LogP contribution in [0.25, 0.3) is 0 Å². The first-order valence-electron chi connectivity index (χ1n) is 5.55. The molecule has 2 nitrogen and oxygen atoms in total. The van der Waals surface area contributed by atoms with Gasteiger partial charge in [0.1, 0.15) is 5.82 Å². The van der Waals surface area contributed by atoms with E-state index >= 15 is 0 Å². The first-order valence-corrected chi connectivity index (χ1v) is 6.34. The van der Waals surface area contributed by atoms with Crippen molar-refractivity contribution in [2.24, 2.45) is 5.92 Å². The van der Waals surface area contributed by atoms with Crippen LogP contribution < -0.4 is 10.2 Å². The minimum atomic E-state index is -0.199. The number of benzene rings is 1. The molecule has 1 saturated heterocycles. The van der Waals surface area contributed by atoms with Gasteiger partial charge in [0.2, 0.25) is 0 Å². The van der Waals surface area contributed by atoms with Crippen LogP contribution in [0.5, 0.6) is 0 Å². The molecule has 16 heavy (non-hydrogen) atoms. The lowest BCUT2D eigenvalue weighted by atomic mass is 10.1. The van der Waals surface area contributed by atoms with Crippen molar-refractivity contribution in [3.05, 3.63) is 28.5 Å². The molecule has 1 aromatic carbocycles. The van der Waals surface area contributed by atoms with Gasteiger partial charge in [-0.1, -0.05) is 0 Å². The highest BCUT2D eigenvalue weighted by molar-refractivity contribution is 9.10. The van der Waals surface area contributed by atoms with E-state index in [0.717, 1.165) is 25.3 Å². The van der Waals surface area contributed by atoms with Crippen LogP contribution >= 0.6 is 15.9 Å². The summed E-state index contributed by atoms with van der Waals surface area (Å²) in [6.07, 6.45) is 1.20. The lowest BCUT2D eigenvalue weighted by Gasteiger charge is -2.19. The van der Waals surface area contributed by atoms with Crippen LogP contribution in [-0.4, -0.2) is 26.7 Å². The Morgan fingerprint density at radius 2 is 2.38 bits per heavy atom. The maximum atomic E-state index is 13.1. The van der Waals surface area contributed by atoms with Crippen molar-refractivity contribution in [3.8, 4) is 0 Å². The van der Waals surface area contributed by atoms with Gasteiger partial charge in [-0.05, 0) is 60.1 Å². The average molecular weight is 287 g/mol. The predicted octanol–water partition coefficient (Wildman–Crippen LogP) is 2.63. The average Bonchev–Trinajstić information content (AvgIpc) is 2.71. The molecule has 1 unspecified atom stereocenters. The van der Waals surface area contributed by atoms with E-state index in [1.165, 1.54) is 12.5 Å². The molecule has 1 aliphatic rings. The molecule has 0 bridgehead atoms. The zero-order chi connectivity index (χ0) is 11.5. The Bertz CT molecular complexity index is 370. The third-order valence-corrected chi connectivity index (χ3v) is 3.65. The highest BCUT2D eigenvalue weighted by atomic mass is 79.9.